The number of carbonyl (C=O) groups excluding carboxylic acids is 3. The van der Waals surface area contributed by atoms with E-state index in [-0.39, 0.29) is 5.57 Å². The van der Waals surface area contributed by atoms with Crippen LogP contribution >= 0.6 is 15.9 Å². The normalized spacial score (nSPS) is 18.7. The van der Waals surface area contributed by atoms with Gasteiger partial charge in [-0.2, -0.15) is 0 Å². The first-order chi connectivity index (χ1) is 14.0. The fourth-order valence-corrected chi connectivity index (χ4v) is 4.06. The highest BCUT2D eigenvalue weighted by Gasteiger charge is 2.37. The zero-order valence-corrected chi connectivity index (χ0v) is 17.5. The lowest BCUT2D eigenvalue weighted by molar-refractivity contribution is -0.122. The van der Waals surface area contributed by atoms with Crippen molar-refractivity contribution < 1.29 is 18.8 Å². The number of barbiturate groups is 1. The number of nitrogens with one attached hydrogen (secondary N) is 1. The molecule has 8 heteroatoms. The number of halogens is 1. The lowest BCUT2D eigenvalue weighted by Crippen LogP contribution is -2.54. The fourth-order valence-electron chi connectivity index (χ4n) is 3.50. The molecule has 7 nitrogen and oxygen atoms in total. The van der Waals surface area contributed by atoms with Crippen LogP contribution in [-0.2, 0) is 16.0 Å². The minimum absolute atomic E-state index is 0.154. The van der Waals surface area contributed by atoms with Crippen molar-refractivity contribution in [3.63, 3.8) is 0 Å². The second-order valence-corrected chi connectivity index (χ2v) is 7.83. The van der Waals surface area contributed by atoms with Gasteiger partial charge in [0, 0.05) is 19.2 Å². The number of nitrogens with zero attached hydrogens (tertiary/aromatic N) is 2. The summed E-state index contributed by atoms with van der Waals surface area (Å²) in [5.74, 6) is -0.371. The first-order valence-electron chi connectivity index (χ1n) is 9.52. The molecule has 2 saturated heterocycles. The molecule has 2 fully saturated rings. The van der Waals surface area contributed by atoms with Crippen molar-refractivity contribution >= 4 is 51.4 Å². The molecular formula is C21H20BrN3O4. The van der Waals surface area contributed by atoms with Crippen molar-refractivity contribution in [1.82, 2.24) is 5.32 Å². The predicted octanol–water partition coefficient (Wildman–Crippen LogP) is 3.87. The average Bonchev–Trinajstić information content (AvgIpc) is 3.35. The molecule has 4 amide bonds. The molecule has 2 aromatic rings. The van der Waals surface area contributed by atoms with Crippen LogP contribution in [0.4, 0.5) is 16.4 Å². The Labute approximate surface area is 176 Å². The van der Waals surface area contributed by atoms with Crippen LogP contribution in [0.3, 0.4) is 0 Å². The number of aryl methyl sites for hydroxylation is 1. The lowest BCUT2D eigenvalue weighted by Gasteiger charge is -2.26. The number of anilines is 2. The summed E-state index contributed by atoms with van der Waals surface area (Å²) in [6.07, 6.45) is 4.41. The van der Waals surface area contributed by atoms with Gasteiger partial charge >= 0.3 is 6.03 Å². The Balaban J connectivity index is 1.65. The molecule has 0 bridgehead atoms. The van der Waals surface area contributed by atoms with Gasteiger partial charge in [-0.3, -0.25) is 14.9 Å². The number of benzene rings is 1. The molecule has 29 heavy (non-hydrogen) atoms. The Kier molecular flexibility index (Phi) is 5.27. The van der Waals surface area contributed by atoms with Crippen LogP contribution < -0.4 is 15.1 Å². The Bertz CT molecular complexity index is 1000. The summed E-state index contributed by atoms with van der Waals surface area (Å²) in [6.45, 7) is 3.82. The first-order valence-corrected chi connectivity index (χ1v) is 10.3. The minimum atomic E-state index is -0.764. The molecule has 3 heterocycles. The molecular weight excluding hydrogens is 438 g/mol. The van der Waals surface area contributed by atoms with Crippen molar-refractivity contribution in [1.29, 1.82) is 0 Å². The summed E-state index contributed by atoms with van der Waals surface area (Å²) in [7, 11) is 0. The van der Waals surface area contributed by atoms with E-state index in [9.17, 15) is 14.4 Å². The van der Waals surface area contributed by atoms with E-state index in [1.54, 1.807) is 18.2 Å². The summed E-state index contributed by atoms with van der Waals surface area (Å²) in [4.78, 5) is 40.7. The monoisotopic (exact) mass is 457 g/mol. The average molecular weight is 458 g/mol. The van der Waals surface area contributed by atoms with Crippen molar-refractivity contribution in [2.45, 2.75) is 26.2 Å². The summed E-state index contributed by atoms with van der Waals surface area (Å²) in [6, 6.07) is 8.04. The van der Waals surface area contributed by atoms with Crippen LogP contribution in [0.2, 0.25) is 0 Å². The largest absolute Gasteiger partial charge is 0.440 e. The lowest BCUT2D eigenvalue weighted by atomic mass is 10.1. The van der Waals surface area contributed by atoms with Crippen LogP contribution in [0.25, 0.3) is 6.08 Å². The molecule has 1 N–H and O–H groups in total. The first kappa shape index (κ1) is 19.4. The third kappa shape index (κ3) is 3.72. The maximum absolute atomic E-state index is 13.0. The van der Waals surface area contributed by atoms with E-state index in [0.717, 1.165) is 47.3 Å². The molecule has 2 aliphatic rings. The van der Waals surface area contributed by atoms with E-state index in [4.69, 9.17) is 4.42 Å². The Morgan fingerprint density at radius 2 is 1.83 bits per heavy atom. The van der Waals surface area contributed by atoms with Crippen molar-refractivity contribution in [3.05, 3.63) is 51.7 Å². The van der Waals surface area contributed by atoms with Gasteiger partial charge in [0.05, 0.1) is 10.2 Å². The number of imide groups is 2. The smallest absolute Gasteiger partial charge is 0.335 e. The molecule has 1 aromatic heterocycles. The fraction of sp³-hybridized carbons (Fsp3) is 0.286. The molecule has 4 rings (SSSR count). The van der Waals surface area contributed by atoms with Gasteiger partial charge in [-0.05, 0) is 59.0 Å². The zero-order valence-electron chi connectivity index (χ0n) is 15.9. The molecule has 0 atom stereocenters. The predicted molar refractivity (Wildman–Crippen MR) is 113 cm³/mol. The van der Waals surface area contributed by atoms with Gasteiger partial charge in [0.25, 0.3) is 11.8 Å². The third-order valence-electron chi connectivity index (χ3n) is 5.07. The summed E-state index contributed by atoms with van der Waals surface area (Å²) in [5, 5.41) is 2.23. The second kappa shape index (κ2) is 7.87. The van der Waals surface area contributed by atoms with E-state index < -0.39 is 17.8 Å². The van der Waals surface area contributed by atoms with Crippen molar-refractivity contribution in [2.24, 2.45) is 0 Å². The number of rotatable bonds is 4. The Morgan fingerprint density at radius 1 is 1.14 bits per heavy atom. The van der Waals surface area contributed by atoms with Crippen LogP contribution in [0, 0.1) is 0 Å². The van der Waals surface area contributed by atoms with Crippen molar-refractivity contribution in [3.8, 4) is 0 Å². The number of hydrogen-bond acceptors (Lipinski definition) is 5. The summed E-state index contributed by atoms with van der Waals surface area (Å²) < 4.78 is 6.62. The maximum atomic E-state index is 13.0. The number of hydrogen-bond donors (Lipinski definition) is 1. The molecule has 0 radical (unpaired) electrons. The third-order valence-corrected chi connectivity index (χ3v) is 5.64. The van der Waals surface area contributed by atoms with Gasteiger partial charge in [0.2, 0.25) is 5.88 Å². The maximum Gasteiger partial charge on any atom is 0.335 e. The van der Waals surface area contributed by atoms with E-state index in [0.29, 0.717) is 17.3 Å². The minimum Gasteiger partial charge on any atom is -0.440 e. The van der Waals surface area contributed by atoms with Gasteiger partial charge in [0.1, 0.15) is 11.3 Å². The van der Waals surface area contributed by atoms with Gasteiger partial charge in [-0.1, -0.05) is 19.1 Å². The van der Waals surface area contributed by atoms with Gasteiger partial charge in [0.15, 0.2) is 0 Å². The topological polar surface area (TPSA) is 82.9 Å². The number of amides is 4. The van der Waals surface area contributed by atoms with Gasteiger partial charge in [-0.15, -0.1) is 0 Å². The molecule has 0 aliphatic carbocycles. The van der Waals surface area contributed by atoms with Crippen LogP contribution in [0.1, 0.15) is 31.1 Å². The van der Waals surface area contributed by atoms with Gasteiger partial charge < -0.3 is 9.32 Å². The highest BCUT2D eigenvalue weighted by Crippen LogP contribution is 2.34. The SMILES string of the molecule is CCc1ccc(N2C(=O)NC(=O)/C(=C\c3cc(Br)c(N4CCCC4)o3)C2=O)cc1. The van der Waals surface area contributed by atoms with Crippen LogP contribution in [0.5, 0.6) is 0 Å². The molecule has 0 saturated carbocycles. The van der Waals surface area contributed by atoms with Crippen LogP contribution in [-0.4, -0.2) is 30.9 Å². The molecule has 0 spiro atoms. The number of carbonyl (C=O) groups is 3. The second-order valence-electron chi connectivity index (χ2n) is 6.97. The Morgan fingerprint density at radius 3 is 2.48 bits per heavy atom. The molecule has 2 aliphatic heterocycles. The van der Waals surface area contributed by atoms with E-state index in [1.807, 2.05) is 19.1 Å². The highest BCUT2D eigenvalue weighted by molar-refractivity contribution is 9.10. The van der Waals surface area contributed by atoms with Crippen LogP contribution in [0.15, 0.2) is 44.8 Å². The van der Waals surface area contributed by atoms with E-state index >= 15 is 0 Å². The molecule has 1 aromatic carbocycles. The van der Waals surface area contributed by atoms with E-state index in [2.05, 4.69) is 26.1 Å². The zero-order chi connectivity index (χ0) is 20.5. The Hall–Kier alpha value is -2.87. The summed E-state index contributed by atoms with van der Waals surface area (Å²) in [5.41, 5.74) is 1.33. The summed E-state index contributed by atoms with van der Waals surface area (Å²) >= 11 is 3.48. The number of furan rings is 1. The molecule has 0 unspecified atom stereocenters. The van der Waals surface area contributed by atoms with Crippen molar-refractivity contribution in [2.75, 3.05) is 22.9 Å². The van der Waals surface area contributed by atoms with Gasteiger partial charge in [-0.25, -0.2) is 9.69 Å². The highest BCUT2D eigenvalue weighted by atomic mass is 79.9. The standard InChI is InChI=1S/C21H20BrN3O4/c1-2-13-5-7-14(8-6-13)25-19(27)16(18(26)23-21(25)28)11-15-12-17(22)20(29-15)24-9-3-4-10-24/h5-8,11-12H,2-4,9-10H2,1H3,(H,23,26,28)/b16-11+. The van der Waals surface area contributed by atoms with E-state index in [1.165, 1.54) is 6.08 Å². The quantitative estimate of drug-likeness (QED) is 0.556. The molecule has 150 valence electrons. The number of urea groups is 1.